The molecule has 0 saturated heterocycles. The molecule has 0 aliphatic heterocycles. The monoisotopic (exact) mass is 569 g/mol. The summed E-state index contributed by atoms with van der Waals surface area (Å²) < 4.78 is 12.9. The molecule has 0 spiro atoms. The molecular formula is C27H28BrN3O4S. The van der Waals surface area contributed by atoms with Gasteiger partial charge in [-0.3, -0.25) is 10.1 Å². The van der Waals surface area contributed by atoms with E-state index in [9.17, 15) is 10.1 Å². The van der Waals surface area contributed by atoms with Crippen molar-refractivity contribution in [3.8, 4) is 22.8 Å². The van der Waals surface area contributed by atoms with Crippen LogP contribution in [0.3, 0.4) is 0 Å². The summed E-state index contributed by atoms with van der Waals surface area (Å²) in [7, 11) is 3.24. The van der Waals surface area contributed by atoms with E-state index in [0.717, 1.165) is 39.3 Å². The van der Waals surface area contributed by atoms with E-state index < -0.39 is 0 Å². The summed E-state index contributed by atoms with van der Waals surface area (Å²) in [6, 6.07) is 18.7. The van der Waals surface area contributed by atoms with E-state index in [1.54, 1.807) is 26.4 Å². The molecule has 9 heteroatoms. The molecule has 7 nitrogen and oxygen atoms in total. The van der Waals surface area contributed by atoms with Crippen molar-refractivity contribution in [2.45, 2.75) is 26.8 Å². The number of hydrogen-bond donors (Lipinski definition) is 0. The van der Waals surface area contributed by atoms with Gasteiger partial charge in [-0.25, -0.2) is 4.99 Å². The zero-order valence-corrected chi connectivity index (χ0v) is 23.1. The van der Waals surface area contributed by atoms with Crippen molar-refractivity contribution in [1.29, 1.82) is 0 Å². The van der Waals surface area contributed by atoms with Gasteiger partial charge in [-0.1, -0.05) is 30.3 Å². The normalized spacial score (nSPS) is 11.2. The molecule has 0 radical (unpaired) electrons. The predicted molar refractivity (Wildman–Crippen MR) is 149 cm³/mol. The first-order chi connectivity index (χ1) is 16.9. The fourth-order valence-corrected chi connectivity index (χ4v) is 4.83. The number of benzene rings is 3. The summed E-state index contributed by atoms with van der Waals surface area (Å²) in [6.45, 7) is 4.78. The molecular weight excluding hydrogens is 542 g/mol. The summed E-state index contributed by atoms with van der Waals surface area (Å²) in [5.41, 5.74) is 6.05. The molecule has 3 aromatic carbocycles. The fraction of sp³-hybridized carbons (Fsp3) is 0.222. The molecule has 1 heterocycles. The van der Waals surface area contributed by atoms with Crippen LogP contribution in [0.25, 0.3) is 11.3 Å². The van der Waals surface area contributed by atoms with Gasteiger partial charge in [0.15, 0.2) is 16.3 Å². The van der Waals surface area contributed by atoms with Crippen LogP contribution in [-0.4, -0.2) is 23.7 Å². The Hall–Kier alpha value is -3.43. The molecule has 0 amide bonds. The highest BCUT2D eigenvalue weighted by Crippen LogP contribution is 2.29. The first-order valence-corrected chi connectivity index (χ1v) is 12.0. The van der Waals surface area contributed by atoms with Crippen LogP contribution in [0.15, 0.2) is 71.0 Å². The molecule has 4 rings (SSSR count). The topological polar surface area (TPSA) is 78.9 Å². The lowest BCUT2D eigenvalue weighted by atomic mass is 10.1. The molecule has 4 aromatic rings. The highest BCUT2D eigenvalue weighted by Gasteiger charge is 2.14. The van der Waals surface area contributed by atoms with E-state index in [1.165, 1.54) is 23.0 Å². The number of aryl methyl sites for hydroxylation is 2. The Kier molecular flexibility index (Phi) is 9.06. The van der Waals surface area contributed by atoms with Crippen LogP contribution in [0.1, 0.15) is 16.7 Å². The molecule has 0 aliphatic carbocycles. The number of nitrogens with zero attached hydrogens (tertiary/aromatic N) is 3. The maximum atomic E-state index is 11.4. The number of thiazole rings is 1. The number of methoxy groups -OCH3 is 2. The summed E-state index contributed by atoms with van der Waals surface area (Å²) in [5.74, 6) is 1.36. The van der Waals surface area contributed by atoms with Crippen molar-refractivity contribution in [3.05, 3.63) is 97.6 Å². The molecule has 1 aromatic heterocycles. The number of non-ortho nitro benzene ring substituents is 1. The Morgan fingerprint density at radius 3 is 2.47 bits per heavy atom. The van der Waals surface area contributed by atoms with E-state index in [1.807, 2.05) is 41.8 Å². The Balaban J connectivity index is 0.00000361. The van der Waals surface area contributed by atoms with Crippen LogP contribution in [0.5, 0.6) is 11.5 Å². The van der Waals surface area contributed by atoms with Crippen LogP contribution in [0.4, 0.5) is 11.4 Å². The fourth-order valence-electron chi connectivity index (χ4n) is 3.88. The van der Waals surface area contributed by atoms with Crippen molar-refractivity contribution in [1.82, 2.24) is 4.57 Å². The molecule has 0 unspecified atom stereocenters. The highest BCUT2D eigenvalue weighted by atomic mass is 79.9. The van der Waals surface area contributed by atoms with E-state index >= 15 is 0 Å². The van der Waals surface area contributed by atoms with Gasteiger partial charge < -0.3 is 14.0 Å². The van der Waals surface area contributed by atoms with Crippen LogP contribution >= 0.6 is 28.3 Å². The standard InChI is InChI=1S/C27H27N3O4S.BrH/c1-18-7-5-10-23(19(18)2)28-27-29(14-13-20-11-12-25(33-3)26(15-20)34-4)24(17-35-27)21-8-6-9-22(16-21)30(31)32;/h5-12,15-17H,13-14H2,1-4H3;1H. The first kappa shape index (κ1) is 27.2. The number of nitro groups is 1. The highest BCUT2D eigenvalue weighted by molar-refractivity contribution is 8.93. The second-order valence-electron chi connectivity index (χ2n) is 8.13. The molecule has 36 heavy (non-hydrogen) atoms. The minimum Gasteiger partial charge on any atom is -0.493 e. The Morgan fingerprint density at radius 2 is 1.75 bits per heavy atom. The molecule has 0 atom stereocenters. The largest absolute Gasteiger partial charge is 0.493 e. The van der Waals surface area contributed by atoms with E-state index in [-0.39, 0.29) is 27.6 Å². The number of nitro benzene ring substituents is 1. The van der Waals surface area contributed by atoms with Crippen molar-refractivity contribution in [3.63, 3.8) is 0 Å². The zero-order chi connectivity index (χ0) is 24.9. The minimum atomic E-state index is -0.370. The minimum absolute atomic E-state index is 0. The lowest BCUT2D eigenvalue weighted by Gasteiger charge is -2.12. The molecule has 188 valence electrons. The van der Waals surface area contributed by atoms with Gasteiger partial charge in [-0.05, 0) is 55.2 Å². The van der Waals surface area contributed by atoms with Gasteiger partial charge >= 0.3 is 0 Å². The second-order valence-corrected chi connectivity index (χ2v) is 8.97. The van der Waals surface area contributed by atoms with E-state index in [4.69, 9.17) is 14.5 Å². The summed E-state index contributed by atoms with van der Waals surface area (Å²) in [5, 5.41) is 13.4. The summed E-state index contributed by atoms with van der Waals surface area (Å²) in [6.07, 6.45) is 0.721. The van der Waals surface area contributed by atoms with Gasteiger partial charge in [0.25, 0.3) is 5.69 Å². The van der Waals surface area contributed by atoms with Gasteiger partial charge in [0, 0.05) is 29.6 Å². The molecule has 0 bridgehead atoms. The van der Waals surface area contributed by atoms with Crippen LogP contribution in [-0.2, 0) is 13.0 Å². The van der Waals surface area contributed by atoms with Gasteiger partial charge in [-0.15, -0.1) is 28.3 Å². The first-order valence-electron chi connectivity index (χ1n) is 11.2. The third-order valence-electron chi connectivity index (χ3n) is 6.01. The number of rotatable bonds is 8. The lowest BCUT2D eigenvalue weighted by molar-refractivity contribution is -0.384. The van der Waals surface area contributed by atoms with Crippen LogP contribution in [0, 0.1) is 24.0 Å². The number of ether oxygens (including phenoxy) is 2. The summed E-state index contributed by atoms with van der Waals surface area (Å²) in [4.78, 5) is 16.8. The zero-order valence-electron chi connectivity index (χ0n) is 20.6. The van der Waals surface area contributed by atoms with Crippen molar-refractivity contribution >= 4 is 39.7 Å². The van der Waals surface area contributed by atoms with Crippen molar-refractivity contribution in [2.75, 3.05) is 14.2 Å². The third kappa shape index (κ3) is 5.85. The summed E-state index contributed by atoms with van der Waals surface area (Å²) >= 11 is 1.53. The number of hydrogen-bond acceptors (Lipinski definition) is 6. The van der Waals surface area contributed by atoms with Gasteiger partial charge in [0.2, 0.25) is 0 Å². The van der Waals surface area contributed by atoms with Crippen LogP contribution in [0.2, 0.25) is 0 Å². The maximum Gasteiger partial charge on any atom is 0.270 e. The van der Waals surface area contributed by atoms with Crippen LogP contribution < -0.4 is 14.3 Å². The average molecular weight is 571 g/mol. The van der Waals surface area contributed by atoms with Crippen molar-refractivity contribution in [2.24, 2.45) is 4.99 Å². The molecule has 0 N–H and O–H groups in total. The molecule has 0 aliphatic rings. The quantitative estimate of drug-likeness (QED) is 0.172. The lowest BCUT2D eigenvalue weighted by Crippen LogP contribution is -2.17. The maximum absolute atomic E-state index is 11.4. The average Bonchev–Trinajstić information content (AvgIpc) is 3.27. The third-order valence-corrected chi connectivity index (χ3v) is 6.88. The van der Waals surface area contributed by atoms with Crippen molar-refractivity contribution < 1.29 is 14.4 Å². The van der Waals surface area contributed by atoms with Gasteiger partial charge in [-0.2, -0.15) is 0 Å². The predicted octanol–water partition coefficient (Wildman–Crippen LogP) is 6.81. The Bertz CT molecular complexity index is 1450. The Morgan fingerprint density at radius 1 is 1.00 bits per heavy atom. The molecule has 0 saturated carbocycles. The smallest absolute Gasteiger partial charge is 0.270 e. The van der Waals surface area contributed by atoms with E-state index in [0.29, 0.717) is 18.0 Å². The van der Waals surface area contributed by atoms with E-state index in [2.05, 4.69) is 24.5 Å². The number of aromatic nitrogens is 1. The van der Waals surface area contributed by atoms with Gasteiger partial charge in [0.05, 0.1) is 30.5 Å². The van der Waals surface area contributed by atoms with Gasteiger partial charge in [0.1, 0.15) is 0 Å². The number of halogens is 1. The SMILES string of the molecule is Br.COc1ccc(CCn2c(-c3cccc([N+](=O)[O-])c3)csc2=Nc2cccc(C)c2C)cc1OC. The second kappa shape index (κ2) is 12.0. The molecule has 0 fully saturated rings. The Labute approximate surface area is 224 Å².